The number of hydrogen-bond donors (Lipinski definition) is 1. The van der Waals surface area contributed by atoms with Crippen molar-refractivity contribution < 1.29 is 13.9 Å². The largest absolute Gasteiger partial charge is 0.455 e. The highest BCUT2D eigenvalue weighted by Gasteiger charge is 2.11. The third kappa shape index (κ3) is 2.79. The molecule has 3 aromatic rings. The van der Waals surface area contributed by atoms with Crippen molar-refractivity contribution in [2.24, 2.45) is 0 Å². The van der Waals surface area contributed by atoms with Crippen LogP contribution in [0.5, 0.6) is 11.5 Å². The number of benzene rings is 1. The molecule has 0 aliphatic heterocycles. The fourth-order valence-electron chi connectivity index (χ4n) is 1.84. The quantitative estimate of drug-likeness (QED) is 0.746. The zero-order valence-electron chi connectivity index (χ0n) is 10.8. The Morgan fingerprint density at radius 3 is 2.71 bits per heavy atom. The van der Waals surface area contributed by atoms with Crippen molar-refractivity contribution in [3.63, 3.8) is 0 Å². The number of aromatic amines is 1. The highest BCUT2D eigenvalue weighted by molar-refractivity contribution is 5.76. The Morgan fingerprint density at radius 1 is 1.19 bits per heavy atom. The topological polar surface area (TPSA) is 67.9 Å². The van der Waals surface area contributed by atoms with Gasteiger partial charge in [0.15, 0.2) is 12.0 Å². The molecule has 21 heavy (non-hydrogen) atoms. The highest BCUT2D eigenvalue weighted by atomic mass is 19.1. The highest BCUT2D eigenvalue weighted by Crippen LogP contribution is 2.31. The molecule has 0 radical (unpaired) electrons. The Labute approximate surface area is 119 Å². The van der Waals surface area contributed by atoms with E-state index in [0.29, 0.717) is 34.7 Å². The van der Waals surface area contributed by atoms with Crippen molar-refractivity contribution in [2.75, 3.05) is 0 Å². The lowest BCUT2D eigenvalue weighted by Gasteiger charge is -2.08. The van der Waals surface area contributed by atoms with Crippen LogP contribution >= 0.6 is 0 Å². The Morgan fingerprint density at radius 2 is 2.00 bits per heavy atom. The molecule has 104 valence electrons. The zero-order chi connectivity index (χ0) is 14.7. The van der Waals surface area contributed by atoms with Gasteiger partial charge in [-0.2, -0.15) is 5.10 Å². The predicted molar refractivity (Wildman–Crippen MR) is 73.7 cm³/mol. The summed E-state index contributed by atoms with van der Waals surface area (Å²) in [5, 5.41) is 6.66. The van der Waals surface area contributed by atoms with Crippen LogP contribution in [0, 0.1) is 5.82 Å². The maximum absolute atomic E-state index is 12.9. The van der Waals surface area contributed by atoms with Gasteiger partial charge in [-0.15, -0.1) is 0 Å². The molecule has 3 rings (SSSR count). The first kappa shape index (κ1) is 13.0. The summed E-state index contributed by atoms with van der Waals surface area (Å²) in [6.07, 6.45) is 3.81. The summed E-state index contributed by atoms with van der Waals surface area (Å²) in [5.74, 6) is 0.613. The minimum atomic E-state index is -0.336. The van der Waals surface area contributed by atoms with Gasteiger partial charge in [-0.25, -0.2) is 4.39 Å². The van der Waals surface area contributed by atoms with Gasteiger partial charge in [0.25, 0.3) is 0 Å². The van der Waals surface area contributed by atoms with E-state index in [-0.39, 0.29) is 5.82 Å². The van der Waals surface area contributed by atoms with E-state index in [0.717, 1.165) is 0 Å². The van der Waals surface area contributed by atoms with Gasteiger partial charge in [0, 0.05) is 11.8 Å². The molecule has 0 amide bonds. The van der Waals surface area contributed by atoms with Gasteiger partial charge in [0.2, 0.25) is 0 Å². The number of pyridine rings is 1. The first-order chi connectivity index (χ1) is 10.3. The van der Waals surface area contributed by atoms with E-state index < -0.39 is 0 Å². The van der Waals surface area contributed by atoms with E-state index >= 15 is 0 Å². The first-order valence-electron chi connectivity index (χ1n) is 6.14. The monoisotopic (exact) mass is 283 g/mol. The number of ether oxygens (including phenoxy) is 1. The average Bonchev–Trinajstić information content (AvgIpc) is 2.99. The Balaban J connectivity index is 1.95. The number of aromatic nitrogens is 3. The first-order valence-corrected chi connectivity index (χ1v) is 6.14. The van der Waals surface area contributed by atoms with E-state index in [4.69, 9.17) is 4.74 Å². The van der Waals surface area contributed by atoms with E-state index in [1.807, 2.05) is 0 Å². The van der Waals surface area contributed by atoms with Crippen molar-refractivity contribution in [3.05, 3.63) is 60.3 Å². The van der Waals surface area contributed by atoms with Crippen molar-refractivity contribution in [1.29, 1.82) is 0 Å². The molecule has 5 nitrogen and oxygen atoms in total. The van der Waals surface area contributed by atoms with Crippen LogP contribution in [-0.2, 0) is 0 Å². The second-order valence-corrected chi connectivity index (χ2v) is 4.25. The fourth-order valence-corrected chi connectivity index (χ4v) is 1.84. The van der Waals surface area contributed by atoms with Crippen LogP contribution in [0.1, 0.15) is 10.5 Å². The van der Waals surface area contributed by atoms with Gasteiger partial charge < -0.3 is 4.74 Å². The number of hydrogen-bond acceptors (Lipinski definition) is 4. The van der Waals surface area contributed by atoms with Crippen molar-refractivity contribution in [1.82, 2.24) is 15.2 Å². The molecule has 2 heterocycles. The number of carbonyl (C=O) groups is 1. The van der Waals surface area contributed by atoms with E-state index in [2.05, 4.69) is 15.2 Å². The third-order valence-electron chi connectivity index (χ3n) is 2.83. The summed E-state index contributed by atoms with van der Waals surface area (Å²) >= 11 is 0. The molecule has 0 aliphatic carbocycles. The molecule has 1 aromatic carbocycles. The number of nitrogens with zero attached hydrogens (tertiary/aromatic N) is 2. The number of aldehydes is 1. The molecule has 0 aliphatic rings. The van der Waals surface area contributed by atoms with Crippen molar-refractivity contribution in [3.8, 4) is 22.8 Å². The van der Waals surface area contributed by atoms with Crippen LogP contribution in [-0.4, -0.2) is 21.5 Å². The summed E-state index contributed by atoms with van der Waals surface area (Å²) < 4.78 is 18.6. The lowest BCUT2D eigenvalue weighted by molar-refractivity contribution is 0.111. The summed E-state index contributed by atoms with van der Waals surface area (Å²) in [4.78, 5) is 14.7. The number of nitrogens with one attached hydrogen (secondary N) is 1. The minimum absolute atomic E-state index is 0.336. The van der Waals surface area contributed by atoms with Gasteiger partial charge in [0.05, 0.1) is 17.6 Å². The maximum atomic E-state index is 12.9. The second kappa shape index (κ2) is 5.54. The molecule has 1 N–H and O–H groups in total. The Hall–Kier alpha value is -3.02. The van der Waals surface area contributed by atoms with Gasteiger partial charge >= 0.3 is 0 Å². The number of H-pyrrole nitrogens is 1. The van der Waals surface area contributed by atoms with E-state index in [1.165, 1.54) is 30.5 Å². The molecule has 0 unspecified atom stereocenters. The van der Waals surface area contributed by atoms with Crippen LogP contribution in [0.3, 0.4) is 0 Å². The predicted octanol–water partition coefficient (Wildman–Crippen LogP) is 3.22. The van der Waals surface area contributed by atoms with Crippen molar-refractivity contribution >= 4 is 6.29 Å². The molecule has 0 fully saturated rings. The van der Waals surface area contributed by atoms with Crippen LogP contribution in [0.2, 0.25) is 0 Å². The normalized spacial score (nSPS) is 10.3. The number of halogens is 1. The Kier molecular flexibility index (Phi) is 3.42. The number of rotatable bonds is 4. The summed E-state index contributed by atoms with van der Waals surface area (Å²) in [6, 6.07) is 9.00. The zero-order valence-corrected chi connectivity index (χ0v) is 10.8. The lowest BCUT2D eigenvalue weighted by atomic mass is 10.1. The molecule has 0 atom stereocenters. The average molecular weight is 283 g/mol. The molecule has 0 spiro atoms. The molecular formula is C15H10FN3O2. The third-order valence-corrected chi connectivity index (χ3v) is 2.83. The van der Waals surface area contributed by atoms with Crippen LogP contribution in [0.15, 0.2) is 48.8 Å². The number of carbonyl (C=O) groups excluding carboxylic acids is 1. The molecule has 0 saturated carbocycles. The van der Waals surface area contributed by atoms with Gasteiger partial charge in [0.1, 0.15) is 11.6 Å². The van der Waals surface area contributed by atoms with Crippen molar-refractivity contribution in [2.45, 2.75) is 0 Å². The summed E-state index contributed by atoms with van der Waals surface area (Å²) in [5.41, 5.74) is 1.62. The molecule has 6 heteroatoms. The SMILES string of the molecule is O=Cc1cc(-c2ccncc2Oc2ccc(F)cc2)n[nH]1. The second-order valence-electron chi connectivity index (χ2n) is 4.25. The van der Waals surface area contributed by atoms with Gasteiger partial charge in [-0.1, -0.05) is 0 Å². The smallest absolute Gasteiger partial charge is 0.167 e. The van der Waals surface area contributed by atoms with E-state index in [9.17, 15) is 9.18 Å². The van der Waals surface area contributed by atoms with Crippen LogP contribution in [0.25, 0.3) is 11.3 Å². The fraction of sp³-hybridized carbons (Fsp3) is 0. The standard InChI is InChI=1S/C15H10FN3O2/c16-10-1-3-12(4-2-10)21-15-8-17-6-5-13(15)14-7-11(9-20)18-19-14/h1-9H,(H,18,19). The Bertz CT molecular complexity index is 769. The molecular weight excluding hydrogens is 273 g/mol. The van der Waals surface area contributed by atoms with Gasteiger partial charge in [-0.05, 0) is 36.4 Å². The maximum Gasteiger partial charge on any atom is 0.167 e. The van der Waals surface area contributed by atoms with Gasteiger partial charge in [-0.3, -0.25) is 14.9 Å². The molecule has 0 bridgehead atoms. The molecule has 2 aromatic heterocycles. The summed E-state index contributed by atoms with van der Waals surface area (Å²) in [7, 11) is 0. The van der Waals surface area contributed by atoms with Crippen LogP contribution in [0.4, 0.5) is 4.39 Å². The van der Waals surface area contributed by atoms with Crippen LogP contribution < -0.4 is 4.74 Å². The lowest BCUT2D eigenvalue weighted by Crippen LogP contribution is -1.90. The molecule has 0 saturated heterocycles. The van der Waals surface area contributed by atoms with E-state index in [1.54, 1.807) is 18.3 Å². The minimum Gasteiger partial charge on any atom is -0.455 e. The summed E-state index contributed by atoms with van der Waals surface area (Å²) in [6.45, 7) is 0.